The largest absolute Gasteiger partial charge is 0.432 e. The summed E-state index contributed by atoms with van der Waals surface area (Å²) in [6.45, 7) is 9.31. The van der Waals surface area contributed by atoms with E-state index in [0.717, 1.165) is 11.8 Å². The molecule has 0 atom stereocenters. The molecule has 202 valence electrons. The molecule has 2 aromatic carbocycles. The number of nitrogens with zero attached hydrogens (tertiary/aromatic N) is 1. The van der Waals surface area contributed by atoms with Crippen molar-refractivity contribution < 1.29 is 14.0 Å². The zero-order chi connectivity index (χ0) is 28.9. The second kappa shape index (κ2) is 12.3. The zero-order valence-electron chi connectivity index (χ0n) is 22.4. The lowest BCUT2D eigenvalue weighted by Crippen LogP contribution is -2.20. The first-order valence-corrected chi connectivity index (χ1v) is 13.1. The predicted molar refractivity (Wildman–Crippen MR) is 161 cm³/mol. The molecule has 0 aliphatic heterocycles. The summed E-state index contributed by atoms with van der Waals surface area (Å²) >= 11 is 12.8. The highest BCUT2D eigenvalue weighted by atomic mass is 35.5. The Morgan fingerprint density at radius 3 is 2.26 bits per heavy atom. The van der Waals surface area contributed by atoms with Gasteiger partial charge in [-0.1, -0.05) is 82.1 Å². The molecule has 9 heteroatoms. The molecule has 0 unspecified atom stereocenters. The van der Waals surface area contributed by atoms with Gasteiger partial charge in [-0.3, -0.25) is 9.59 Å². The highest BCUT2D eigenvalue weighted by molar-refractivity contribution is 6.34. The SMILES string of the molecule is CC.CC(C)(C)C(=O)c1oc2nc(-c3ccc(/C(C=N)=C/N)cc3Cl)c(-c3ccc(Cl)cc3)cc2c1NC=O. The Balaban J connectivity index is 0.00000205. The van der Waals surface area contributed by atoms with Crippen molar-refractivity contribution in [3.63, 3.8) is 0 Å². The number of furan rings is 1. The quantitative estimate of drug-likeness (QED) is 0.118. The van der Waals surface area contributed by atoms with Crippen LogP contribution in [0.2, 0.25) is 10.0 Å². The van der Waals surface area contributed by atoms with Crippen molar-refractivity contribution in [3.05, 3.63) is 76.1 Å². The van der Waals surface area contributed by atoms with Gasteiger partial charge in [-0.05, 0) is 35.4 Å². The van der Waals surface area contributed by atoms with Crippen LogP contribution in [0.4, 0.5) is 5.69 Å². The number of anilines is 1. The number of benzene rings is 2. The molecule has 2 heterocycles. The van der Waals surface area contributed by atoms with E-state index in [-0.39, 0.29) is 22.9 Å². The molecular formula is C30H30Cl2N4O3. The maximum atomic E-state index is 13.1. The number of hydrogen-bond donors (Lipinski definition) is 3. The number of fused-ring (bicyclic) bond motifs is 1. The number of halogens is 2. The van der Waals surface area contributed by atoms with E-state index in [4.69, 9.17) is 43.7 Å². The molecule has 0 bridgehead atoms. The van der Waals surface area contributed by atoms with E-state index in [2.05, 4.69) is 5.32 Å². The fourth-order valence-electron chi connectivity index (χ4n) is 3.90. The Bertz CT molecular complexity index is 1570. The Kier molecular flexibility index (Phi) is 9.32. The Morgan fingerprint density at radius 1 is 1.05 bits per heavy atom. The van der Waals surface area contributed by atoms with Gasteiger partial charge in [0.25, 0.3) is 0 Å². The van der Waals surface area contributed by atoms with Gasteiger partial charge < -0.3 is 20.9 Å². The number of nitrogens with one attached hydrogen (secondary N) is 2. The summed E-state index contributed by atoms with van der Waals surface area (Å²) in [5.41, 5.74) is 9.07. The number of carbonyl (C=O) groups is 2. The number of pyridine rings is 1. The van der Waals surface area contributed by atoms with Crippen LogP contribution in [-0.4, -0.2) is 23.4 Å². The fraction of sp³-hybridized carbons (Fsp3) is 0.200. The van der Waals surface area contributed by atoms with E-state index >= 15 is 0 Å². The maximum absolute atomic E-state index is 13.1. The van der Waals surface area contributed by atoms with E-state index in [1.54, 1.807) is 51.1 Å². The molecule has 0 saturated heterocycles. The van der Waals surface area contributed by atoms with Gasteiger partial charge in [-0.2, -0.15) is 0 Å². The molecule has 0 aliphatic carbocycles. The Hall–Kier alpha value is -3.94. The monoisotopic (exact) mass is 564 g/mol. The van der Waals surface area contributed by atoms with Crippen LogP contribution in [-0.2, 0) is 4.79 Å². The first-order valence-electron chi connectivity index (χ1n) is 12.3. The maximum Gasteiger partial charge on any atom is 0.229 e. The van der Waals surface area contributed by atoms with Gasteiger partial charge in [0.2, 0.25) is 17.9 Å². The van der Waals surface area contributed by atoms with Crippen LogP contribution in [0.1, 0.15) is 50.7 Å². The van der Waals surface area contributed by atoms with Crippen molar-refractivity contribution in [2.24, 2.45) is 11.1 Å². The molecule has 0 spiro atoms. The van der Waals surface area contributed by atoms with E-state index in [1.165, 1.54) is 6.20 Å². The highest BCUT2D eigenvalue weighted by Crippen LogP contribution is 2.42. The van der Waals surface area contributed by atoms with Crippen LogP contribution < -0.4 is 11.1 Å². The van der Waals surface area contributed by atoms with Gasteiger partial charge in [0.05, 0.1) is 16.1 Å². The third-order valence-corrected chi connectivity index (χ3v) is 6.39. The standard InChI is InChI=1S/C28H24Cl2N4O3.C2H6/c1-28(2,3)26(36)25-24(33-14-35)21-11-20(15-4-7-18(29)8-5-15)23(34-27(21)37-25)19-9-6-16(10-22(19)30)17(12-31)13-32;1-2/h4-14,31H,32H2,1-3H3,(H,33,35);1-2H3/b17-13+,31-12?;. The minimum Gasteiger partial charge on any atom is -0.432 e. The lowest BCUT2D eigenvalue weighted by molar-refractivity contribution is -0.105. The average molecular weight is 566 g/mol. The molecule has 4 rings (SSSR count). The lowest BCUT2D eigenvalue weighted by Gasteiger charge is -2.15. The Morgan fingerprint density at radius 2 is 1.72 bits per heavy atom. The average Bonchev–Trinajstić information content (AvgIpc) is 3.26. The molecule has 0 saturated carbocycles. The minimum absolute atomic E-state index is 0.0199. The normalized spacial score (nSPS) is 11.5. The topological polar surface area (TPSA) is 122 Å². The van der Waals surface area contributed by atoms with Crippen molar-refractivity contribution in [1.29, 1.82) is 5.41 Å². The van der Waals surface area contributed by atoms with Gasteiger partial charge >= 0.3 is 0 Å². The number of Topliss-reactive ketones (excluding diaryl/α,β-unsaturated/α-hetero) is 1. The summed E-state index contributed by atoms with van der Waals surface area (Å²) in [4.78, 5) is 29.4. The van der Waals surface area contributed by atoms with E-state index < -0.39 is 5.41 Å². The highest BCUT2D eigenvalue weighted by Gasteiger charge is 2.31. The van der Waals surface area contributed by atoms with Crippen molar-refractivity contribution in [3.8, 4) is 22.4 Å². The molecule has 0 aliphatic rings. The smallest absolute Gasteiger partial charge is 0.229 e. The zero-order valence-corrected chi connectivity index (χ0v) is 23.9. The Labute approximate surface area is 237 Å². The van der Waals surface area contributed by atoms with Crippen LogP contribution in [0.15, 0.2) is 59.1 Å². The number of carbonyl (C=O) groups excluding carboxylic acids is 2. The number of allylic oxidation sites excluding steroid dienone is 1. The summed E-state index contributed by atoms with van der Waals surface area (Å²) in [7, 11) is 0. The molecule has 0 radical (unpaired) electrons. The molecular weight excluding hydrogens is 535 g/mol. The first-order chi connectivity index (χ1) is 18.6. The fourth-order valence-corrected chi connectivity index (χ4v) is 4.29. The molecule has 7 nitrogen and oxygen atoms in total. The molecule has 1 amide bonds. The molecule has 39 heavy (non-hydrogen) atoms. The molecule has 0 fully saturated rings. The van der Waals surface area contributed by atoms with Crippen LogP contribution >= 0.6 is 23.2 Å². The third-order valence-electron chi connectivity index (χ3n) is 5.82. The summed E-state index contributed by atoms with van der Waals surface area (Å²) in [5.74, 6) is -0.258. The van der Waals surface area contributed by atoms with Crippen molar-refractivity contribution in [2.45, 2.75) is 34.6 Å². The predicted octanol–water partition coefficient (Wildman–Crippen LogP) is 8.24. The molecule has 4 N–H and O–H groups in total. The number of nitrogens with two attached hydrogens (primary N) is 1. The number of amides is 1. The van der Waals surface area contributed by atoms with Gasteiger partial charge in [-0.15, -0.1) is 0 Å². The van der Waals surface area contributed by atoms with Crippen LogP contribution in [0.3, 0.4) is 0 Å². The van der Waals surface area contributed by atoms with E-state index in [9.17, 15) is 9.59 Å². The summed E-state index contributed by atoms with van der Waals surface area (Å²) in [6.07, 6.45) is 2.98. The number of hydrogen-bond acceptors (Lipinski definition) is 6. The third kappa shape index (κ3) is 6.05. The van der Waals surface area contributed by atoms with Gasteiger partial charge in [-0.25, -0.2) is 4.98 Å². The second-order valence-electron chi connectivity index (χ2n) is 9.35. The number of rotatable bonds is 7. The van der Waals surface area contributed by atoms with Gasteiger partial charge in [0.15, 0.2) is 5.76 Å². The van der Waals surface area contributed by atoms with E-state index in [0.29, 0.717) is 49.8 Å². The first kappa shape index (κ1) is 29.6. The van der Waals surface area contributed by atoms with Crippen molar-refractivity contribution in [2.75, 3.05) is 5.32 Å². The van der Waals surface area contributed by atoms with Crippen LogP contribution in [0.5, 0.6) is 0 Å². The summed E-state index contributed by atoms with van der Waals surface area (Å²) < 4.78 is 5.95. The van der Waals surface area contributed by atoms with Crippen LogP contribution in [0.25, 0.3) is 39.1 Å². The number of aromatic nitrogens is 1. The van der Waals surface area contributed by atoms with E-state index in [1.807, 2.05) is 32.0 Å². The second-order valence-corrected chi connectivity index (χ2v) is 10.2. The summed E-state index contributed by atoms with van der Waals surface area (Å²) in [5, 5.41) is 11.6. The minimum atomic E-state index is -0.753. The van der Waals surface area contributed by atoms with Crippen molar-refractivity contribution >= 4 is 64.0 Å². The van der Waals surface area contributed by atoms with Crippen LogP contribution in [0, 0.1) is 10.8 Å². The molecule has 2 aromatic heterocycles. The number of ketones is 1. The molecule has 4 aromatic rings. The van der Waals surface area contributed by atoms with Crippen molar-refractivity contribution in [1.82, 2.24) is 4.98 Å². The van der Waals surface area contributed by atoms with Gasteiger partial charge in [0.1, 0.15) is 5.69 Å². The van der Waals surface area contributed by atoms with Gasteiger partial charge in [0, 0.05) is 39.6 Å². The summed E-state index contributed by atoms with van der Waals surface area (Å²) in [6, 6.07) is 14.3. The lowest BCUT2D eigenvalue weighted by atomic mass is 9.89.